The van der Waals surface area contributed by atoms with E-state index in [1.165, 1.54) is 51.4 Å². The van der Waals surface area contributed by atoms with E-state index in [-0.39, 0.29) is 6.10 Å². The maximum Gasteiger partial charge on any atom is 0.186 e. The molecule has 2 unspecified atom stereocenters. The standard InChI is InChI=1S/C20H40O6/c1-3-4-5-6-7-8-9-10-11-12-13-15(2)25-20-19(24)18(23)17(22)16(14-21)26-20/h15-24H,3-14H2,1-2H3/t15?,16-,17-,18+,19-,20?/m1/s1. The number of hydrogen-bond donors (Lipinski definition) is 4. The summed E-state index contributed by atoms with van der Waals surface area (Å²) in [6, 6.07) is 0. The van der Waals surface area contributed by atoms with Gasteiger partial charge in [-0.15, -0.1) is 0 Å². The van der Waals surface area contributed by atoms with Gasteiger partial charge in [-0.2, -0.15) is 0 Å². The molecule has 6 heteroatoms. The van der Waals surface area contributed by atoms with Crippen LogP contribution in [0.15, 0.2) is 0 Å². The molecule has 0 aromatic carbocycles. The van der Waals surface area contributed by atoms with Crippen LogP contribution < -0.4 is 0 Å². The van der Waals surface area contributed by atoms with Crippen molar-refractivity contribution in [3.05, 3.63) is 0 Å². The van der Waals surface area contributed by atoms with Crippen LogP contribution in [0.2, 0.25) is 0 Å². The van der Waals surface area contributed by atoms with Gasteiger partial charge in [0.2, 0.25) is 0 Å². The predicted octanol–water partition coefficient (Wildman–Crippen LogP) is 2.50. The minimum atomic E-state index is -1.38. The van der Waals surface area contributed by atoms with Crippen molar-refractivity contribution in [1.82, 2.24) is 0 Å². The van der Waals surface area contributed by atoms with Gasteiger partial charge in [0.25, 0.3) is 0 Å². The van der Waals surface area contributed by atoms with Gasteiger partial charge in [0, 0.05) is 0 Å². The number of aliphatic hydroxyl groups is 4. The van der Waals surface area contributed by atoms with Crippen molar-refractivity contribution in [2.24, 2.45) is 0 Å². The molecule has 1 rings (SSSR count). The molecule has 1 saturated heterocycles. The van der Waals surface area contributed by atoms with Gasteiger partial charge < -0.3 is 29.9 Å². The Labute approximate surface area is 158 Å². The smallest absolute Gasteiger partial charge is 0.186 e. The molecule has 156 valence electrons. The molecule has 1 aliphatic rings. The van der Waals surface area contributed by atoms with Gasteiger partial charge in [-0.1, -0.05) is 71.1 Å². The largest absolute Gasteiger partial charge is 0.394 e. The first-order valence-corrected chi connectivity index (χ1v) is 10.5. The molecule has 1 aliphatic heterocycles. The normalized spacial score (nSPS) is 30.5. The first kappa shape index (κ1) is 23.8. The van der Waals surface area contributed by atoms with E-state index < -0.39 is 37.3 Å². The second-order valence-corrected chi connectivity index (χ2v) is 7.61. The molecule has 0 aromatic heterocycles. The first-order valence-electron chi connectivity index (χ1n) is 10.5. The molecule has 0 saturated carbocycles. The van der Waals surface area contributed by atoms with Crippen molar-refractivity contribution in [2.45, 2.75) is 121 Å². The fraction of sp³-hybridized carbons (Fsp3) is 1.00. The number of aliphatic hydroxyl groups excluding tert-OH is 4. The van der Waals surface area contributed by atoms with Crippen LogP contribution in [0.1, 0.15) is 84.5 Å². The molecule has 6 atom stereocenters. The molecule has 6 nitrogen and oxygen atoms in total. The van der Waals surface area contributed by atoms with E-state index in [2.05, 4.69) is 6.92 Å². The topological polar surface area (TPSA) is 99.4 Å². The molecule has 0 aliphatic carbocycles. The summed E-state index contributed by atoms with van der Waals surface area (Å²) in [4.78, 5) is 0. The summed E-state index contributed by atoms with van der Waals surface area (Å²) < 4.78 is 11.1. The van der Waals surface area contributed by atoms with Gasteiger partial charge in [0.05, 0.1) is 12.7 Å². The maximum atomic E-state index is 9.97. The van der Waals surface area contributed by atoms with Gasteiger partial charge in [-0.3, -0.25) is 0 Å². The van der Waals surface area contributed by atoms with Crippen LogP contribution in [0.3, 0.4) is 0 Å². The molecule has 0 amide bonds. The van der Waals surface area contributed by atoms with Crippen LogP contribution in [-0.2, 0) is 9.47 Å². The molecule has 0 spiro atoms. The highest BCUT2D eigenvalue weighted by molar-refractivity contribution is 4.89. The van der Waals surface area contributed by atoms with Crippen molar-refractivity contribution < 1.29 is 29.9 Å². The van der Waals surface area contributed by atoms with E-state index >= 15 is 0 Å². The van der Waals surface area contributed by atoms with Crippen LogP contribution >= 0.6 is 0 Å². The third-order valence-electron chi connectivity index (χ3n) is 5.18. The van der Waals surface area contributed by atoms with Crippen molar-refractivity contribution in [2.75, 3.05) is 6.61 Å². The summed E-state index contributed by atoms with van der Waals surface area (Å²) in [5.41, 5.74) is 0. The van der Waals surface area contributed by atoms with Crippen molar-refractivity contribution in [3.63, 3.8) is 0 Å². The predicted molar refractivity (Wildman–Crippen MR) is 101 cm³/mol. The van der Waals surface area contributed by atoms with E-state index in [4.69, 9.17) is 9.47 Å². The minimum Gasteiger partial charge on any atom is -0.394 e. The van der Waals surface area contributed by atoms with E-state index in [0.29, 0.717) is 0 Å². The van der Waals surface area contributed by atoms with Crippen molar-refractivity contribution >= 4 is 0 Å². The molecule has 1 heterocycles. The average Bonchev–Trinajstić information content (AvgIpc) is 2.63. The van der Waals surface area contributed by atoms with Crippen LogP contribution in [-0.4, -0.2) is 63.8 Å². The maximum absolute atomic E-state index is 9.97. The van der Waals surface area contributed by atoms with Gasteiger partial charge in [-0.05, 0) is 13.3 Å². The number of ether oxygens (including phenoxy) is 2. The number of hydrogen-bond acceptors (Lipinski definition) is 6. The Morgan fingerprint density at radius 3 is 1.88 bits per heavy atom. The fourth-order valence-electron chi connectivity index (χ4n) is 3.40. The van der Waals surface area contributed by atoms with Gasteiger partial charge >= 0.3 is 0 Å². The lowest BCUT2D eigenvalue weighted by Gasteiger charge is -2.40. The van der Waals surface area contributed by atoms with Crippen molar-refractivity contribution in [1.29, 1.82) is 0 Å². The lowest BCUT2D eigenvalue weighted by atomic mass is 9.99. The Kier molecular flexibility index (Phi) is 12.7. The minimum absolute atomic E-state index is 0.120. The zero-order valence-corrected chi connectivity index (χ0v) is 16.6. The summed E-state index contributed by atoms with van der Waals surface area (Å²) in [6.07, 6.45) is 7.53. The second kappa shape index (κ2) is 13.9. The first-order chi connectivity index (χ1) is 12.5. The fourth-order valence-corrected chi connectivity index (χ4v) is 3.40. The molecule has 26 heavy (non-hydrogen) atoms. The molecule has 0 aromatic rings. The summed E-state index contributed by atoms with van der Waals surface area (Å²) in [5, 5.41) is 38.7. The Morgan fingerprint density at radius 2 is 1.35 bits per heavy atom. The third-order valence-corrected chi connectivity index (χ3v) is 5.18. The molecular formula is C20H40O6. The van der Waals surface area contributed by atoms with Gasteiger partial charge in [0.1, 0.15) is 24.4 Å². The van der Waals surface area contributed by atoms with Crippen LogP contribution in [0.4, 0.5) is 0 Å². The molecule has 0 radical (unpaired) electrons. The number of rotatable bonds is 14. The molecule has 4 N–H and O–H groups in total. The van der Waals surface area contributed by atoms with Crippen LogP contribution in [0.25, 0.3) is 0 Å². The Hall–Kier alpha value is -0.240. The van der Waals surface area contributed by atoms with Gasteiger partial charge in [0.15, 0.2) is 6.29 Å². The zero-order valence-electron chi connectivity index (χ0n) is 16.6. The monoisotopic (exact) mass is 376 g/mol. The van der Waals surface area contributed by atoms with E-state index in [1.54, 1.807) is 0 Å². The number of unbranched alkanes of at least 4 members (excludes halogenated alkanes) is 9. The second-order valence-electron chi connectivity index (χ2n) is 7.61. The zero-order chi connectivity index (χ0) is 19.4. The summed E-state index contributed by atoms with van der Waals surface area (Å²) in [7, 11) is 0. The summed E-state index contributed by atoms with van der Waals surface area (Å²) >= 11 is 0. The highest BCUT2D eigenvalue weighted by Crippen LogP contribution is 2.24. The van der Waals surface area contributed by atoms with Crippen LogP contribution in [0.5, 0.6) is 0 Å². The lowest BCUT2D eigenvalue weighted by molar-refractivity contribution is -0.310. The third kappa shape index (κ3) is 8.63. The van der Waals surface area contributed by atoms with Crippen LogP contribution in [0, 0.1) is 0 Å². The lowest BCUT2D eigenvalue weighted by Crippen LogP contribution is -2.59. The van der Waals surface area contributed by atoms with E-state index in [1.807, 2.05) is 6.92 Å². The summed E-state index contributed by atoms with van der Waals surface area (Å²) in [6.45, 7) is 3.72. The Bertz CT molecular complexity index is 338. The molecular weight excluding hydrogens is 336 g/mol. The Balaban J connectivity index is 2.10. The quantitative estimate of drug-likeness (QED) is 0.348. The van der Waals surface area contributed by atoms with E-state index in [0.717, 1.165) is 19.3 Å². The molecule has 1 fully saturated rings. The summed E-state index contributed by atoms with van der Waals surface area (Å²) in [5.74, 6) is 0. The molecule has 0 bridgehead atoms. The van der Waals surface area contributed by atoms with Gasteiger partial charge in [-0.25, -0.2) is 0 Å². The van der Waals surface area contributed by atoms with E-state index in [9.17, 15) is 20.4 Å². The SMILES string of the molecule is CCCCCCCCCCCCC(C)OC1O[C@H](CO)[C@@H](O)[C@H](O)[C@H]1O. The average molecular weight is 377 g/mol. The highest BCUT2D eigenvalue weighted by Gasteiger charge is 2.44. The van der Waals surface area contributed by atoms with Crippen molar-refractivity contribution in [3.8, 4) is 0 Å². The highest BCUT2D eigenvalue weighted by atomic mass is 16.7. The Morgan fingerprint density at radius 1 is 0.808 bits per heavy atom.